The van der Waals surface area contributed by atoms with E-state index in [1.807, 2.05) is 0 Å². The van der Waals surface area contributed by atoms with E-state index in [0.717, 1.165) is 18.4 Å². The lowest BCUT2D eigenvalue weighted by molar-refractivity contribution is 0.289. The van der Waals surface area contributed by atoms with Crippen molar-refractivity contribution in [2.45, 2.75) is 38.6 Å². The Hall–Kier alpha value is -1.10. The minimum absolute atomic E-state index is 0.297. The van der Waals surface area contributed by atoms with Gasteiger partial charge in [0.1, 0.15) is 5.82 Å². The van der Waals surface area contributed by atoms with E-state index < -0.39 is 0 Å². The maximum Gasteiger partial charge on any atom is 0.201 e. The summed E-state index contributed by atoms with van der Waals surface area (Å²) in [5.41, 5.74) is 7.60. The van der Waals surface area contributed by atoms with E-state index in [-0.39, 0.29) is 5.82 Å². The SMILES string of the molecule is CC1CCCC(n2c(N)nc3cc(F)c(Br)cc32)C1. The van der Waals surface area contributed by atoms with Gasteiger partial charge < -0.3 is 10.3 Å². The predicted molar refractivity (Wildman–Crippen MR) is 78.5 cm³/mol. The van der Waals surface area contributed by atoms with Gasteiger partial charge in [-0.15, -0.1) is 0 Å². The number of benzene rings is 1. The minimum atomic E-state index is -0.297. The van der Waals surface area contributed by atoms with Gasteiger partial charge in [-0.05, 0) is 40.8 Å². The highest BCUT2D eigenvalue weighted by Gasteiger charge is 2.24. The van der Waals surface area contributed by atoms with Crippen LogP contribution in [0.2, 0.25) is 0 Å². The van der Waals surface area contributed by atoms with E-state index in [9.17, 15) is 4.39 Å². The number of nitrogen functional groups attached to an aromatic ring is 1. The van der Waals surface area contributed by atoms with E-state index in [4.69, 9.17) is 5.73 Å². The molecule has 1 aromatic carbocycles. The summed E-state index contributed by atoms with van der Waals surface area (Å²) in [6.45, 7) is 2.27. The second-order valence-electron chi connectivity index (χ2n) is 5.52. The molecule has 0 bridgehead atoms. The molecule has 5 heteroatoms. The lowest BCUT2D eigenvalue weighted by Crippen LogP contribution is -2.19. The molecule has 1 fully saturated rings. The number of hydrogen-bond acceptors (Lipinski definition) is 2. The Morgan fingerprint density at radius 1 is 1.42 bits per heavy atom. The summed E-state index contributed by atoms with van der Waals surface area (Å²) in [7, 11) is 0. The fourth-order valence-corrected chi connectivity index (χ4v) is 3.46. The van der Waals surface area contributed by atoms with Gasteiger partial charge in [0, 0.05) is 12.1 Å². The first-order valence-electron chi connectivity index (χ1n) is 6.68. The average molecular weight is 326 g/mol. The normalized spacial score (nSPS) is 23.9. The minimum Gasteiger partial charge on any atom is -0.369 e. The van der Waals surface area contributed by atoms with Crippen LogP contribution in [0.4, 0.5) is 10.3 Å². The predicted octanol–water partition coefficient (Wildman–Crippen LogP) is 4.27. The van der Waals surface area contributed by atoms with E-state index in [0.29, 0.717) is 27.9 Å². The van der Waals surface area contributed by atoms with Gasteiger partial charge in [-0.3, -0.25) is 0 Å². The molecule has 1 aliphatic carbocycles. The number of fused-ring (bicyclic) bond motifs is 1. The Morgan fingerprint density at radius 2 is 2.21 bits per heavy atom. The van der Waals surface area contributed by atoms with Gasteiger partial charge in [0.25, 0.3) is 0 Å². The smallest absolute Gasteiger partial charge is 0.201 e. The maximum atomic E-state index is 13.6. The third kappa shape index (κ3) is 2.24. The van der Waals surface area contributed by atoms with Crippen molar-refractivity contribution in [3.63, 3.8) is 0 Å². The zero-order valence-electron chi connectivity index (χ0n) is 10.9. The molecule has 0 radical (unpaired) electrons. The largest absolute Gasteiger partial charge is 0.369 e. The molecule has 2 N–H and O–H groups in total. The molecule has 2 aromatic rings. The lowest BCUT2D eigenvalue weighted by Gasteiger charge is -2.28. The van der Waals surface area contributed by atoms with Crippen LogP contribution in [0, 0.1) is 11.7 Å². The van der Waals surface area contributed by atoms with Crippen LogP contribution >= 0.6 is 15.9 Å². The molecule has 0 aliphatic heterocycles. The maximum absolute atomic E-state index is 13.6. The van der Waals surface area contributed by atoms with Crippen LogP contribution in [-0.4, -0.2) is 9.55 Å². The van der Waals surface area contributed by atoms with Crippen molar-refractivity contribution in [1.29, 1.82) is 0 Å². The molecule has 3 nitrogen and oxygen atoms in total. The third-order valence-corrected chi connectivity index (χ3v) is 4.64. The number of nitrogens with zero attached hydrogens (tertiary/aromatic N) is 2. The van der Waals surface area contributed by atoms with Gasteiger partial charge in [-0.2, -0.15) is 0 Å². The summed E-state index contributed by atoms with van der Waals surface area (Å²) in [5.74, 6) is 0.903. The molecule has 1 heterocycles. The van der Waals surface area contributed by atoms with Crippen molar-refractivity contribution in [1.82, 2.24) is 9.55 Å². The van der Waals surface area contributed by atoms with Crippen molar-refractivity contribution in [2.24, 2.45) is 5.92 Å². The zero-order chi connectivity index (χ0) is 13.6. The molecule has 0 amide bonds. The Bertz CT molecular complexity index is 623. The van der Waals surface area contributed by atoms with Crippen LogP contribution < -0.4 is 5.73 Å². The fraction of sp³-hybridized carbons (Fsp3) is 0.500. The molecule has 1 saturated carbocycles. The highest BCUT2D eigenvalue weighted by atomic mass is 79.9. The van der Waals surface area contributed by atoms with Crippen LogP contribution in [-0.2, 0) is 0 Å². The summed E-state index contributed by atoms with van der Waals surface area (Å²) in [6.07, 6.45) is 4.73. The lowest BCUT2D eigenvalue weighted by atomic mass is 9.87. The number of nitrogens with two attached hydrogens (primary N) is 1. The summed E-state index contributed by atoms with van der Waals surface area (Å²) in [6, 6.07) is 3.61. The quantitative estimate of drug-likeness (QED) is 0.850. The summed E-state index contributed by atoms with van der Waals surface area (Å²) < 4.78 is 16.1. The van der Waals surface area contributed by atoms with Gasteiger partial charge in [-0.25, -0.2) is 9.37 Å². The summed E-state index contributed by atoms with van der Waals surface area (Å²) in [4.78, 5) is 4.30. The number of halogens is 2. The summed E-state index contributed by atoms with van der Waals surface area (Å²) in [5, 5.41) is 0. The Labute approximate surface area is 120 Å². The van der Waals surface area contributed by atoms with E-state index in [1.165, 1.54) is 18.9 Å². The third-order valence-electron chi connectivity index (χ3n) is 4.03. The number of aromatic nitrogens is 2. The van der Waals surface area contributed by atoms with Crippen LogP contribution in [0.3, 0.4) is 0 Å². The molecule has 102 valence electrons. The molecule has 0 saturated heterocycles. The molecule has 2 unspecified atom stereocenters. The van der Waals surface area contributed by atoms with Crippen molar-refractivity contribution >= 4 is 32.9 Å². The molecule has 2 atom stereocenters. The van der Waals surface area contributed by atoms with Gasteiger partial charge in [0.05, 0.1) is 15.5 Å². The first kappa shape index (κ1) is 12.9. The summed E-state index contributed by atoms with van der Waals surface area (Å²) >= 11 is 3.24. The second kappa shape index (κ2) is 4.78. The Balaban J connectivity index is 2.12. The van der Waals surface area contributed by atoms with Gasteiger partial charge in [0.15, 0.2) is 0 Å². The van der Waals surface area contributed by atoms with E-state index >= 15 is 0 Å². The van der Waals surface area contributed by atoms with E-state index in [1.54, 1.807) is 6.07 Å². The van der Waals surface area contributed by atoms with Crippen molar-refractivity contribution < 1.29 is 4.39 Å². The highest BCUT2D eigenvalue weighted by Crippen LogP contribution is 2.37. The van der Waals surface area contributed by atoms with Gasteiger partial charge in [0.2, 0.25) is 5.95 Å². The molecule has 19 heavy (non-hydrogen) atoms. The van der Waals surface area contributed by atoms with Gasteiger partial charge in [-0.1, -0.05) is 19.8 Å². The first-order chi connectivity index (χ1) is 9.06. The number of rotatable bonds is 1. The monoisotopic (exact) mass is 325 g/mol. The van der Waals surface area contributed by atoms with Crippen molar-refractivity contribution in [3.05, 3.63) is 22.4 Å². The zero-order valence-corrected chi connectivity index (χ0v) is 12.5. The number of imidazole rings is 1. The Morgan fingerprint density at radius 3 is 2.95 bits per heavy atom. The average Bonchev–Trinajstić information content (AvgIpc) is 2.65. The molecular formula is C14H17BrFN3. The number of anilines is 1. The highest BCUT2D eigenvalue weighted by molar-refractivity contribution is 9.10. The second-order valence-corrected chi connectivity index (χ2v) is 6.37. The molecular weight excluding hydrogens is 309 g/mol. The fourth-order valence-electron chi connectivity index (χ4n) is 3.13. The molecule has 1 aromatic heterocycles. The first-order valence-corrected chi connectivity index (χ1v) is 7.48. The van der Waals surface area contributed by atoms with Crippen LogP contribution in [0.5, 0.6) is 0 Å². The standard InChI is InChI=1S/C14H17BrFN3/c1-8-3-2-4-9(5-8)19-13-6-10(15)11(16)7-12(13)18-14(19)17/h6-9H,2-5H2,1H3,(H2,17,18). The topological polar surface area (TPSA) is 43.8 Å². The molecule has 1 aliphatic rings. The number of hydrogen-bond donors (Lipinski definition) is 1. The van der Waals surface area contributed by atoms with E-state index in [2.05, 4.69) is 32.4 Å². The molecule has 3 rings (SSSR count). The van der Waals surface area contributed by atoms with Gasteiger partial charge >= 0.3 is 0 Å². The Kier molecular flexibility index (Phi) is 3.25. The van der Waals surface area contributed by atoms with Crippen LogP contribution in [0.1, 0.15) is 38.6 Å². The van der Waals surface area contributed by atoms with Crippen LogP contribution in [0.25, 0.3) is 11.0 Å². The van der Waals surface area contributed by atoms with Crippen LogP contribution in [0.15, 0.2) is 16.6 Å². The van der Waals surface area contributed by atoms with Crippen molar-refractivity contribution in [2.75, 3.05) is 5.73 Å². The molecule has 0 spiro atoms. The van der Waals surface area contributed by atoms with Crippen molar-refractivity contribution in [3.8, 4) is 0 Å².